The lowest BCUT2D eigenvalue weighted by atomic mass is 9.96. The quantitative estimate of drug-likeness (QED) is 0.117. The Balaban J connectivity index is 2.17. The van der Waals surface area contributed by atoms with Gasteiger partial charge >= 0.3 is 0 Å². The van der Waals surface area contributed by atoms with Crippen molar-refractivity contribution in [2.75, 3.05) is 19.8 Å². The van der Waals surface area contributed by atoms with Crippen molar-refractivity contribution in [1.82, 2.24) is 0 Å². The van der Waals surface area contributed by atoms with Crippen LogP contribution >= 0.6 is 0 Å². The zero-order chi connectivity index (χ0) is 25.7. The number of aliphatic hydroxyl groups is 11. The summed E-state index contributed by atoms with van der Waals surface area (Å²) in [7, 11) is 0. The Morgan fingerprint density at radius 1 is 0.765 bits per heavy atom. The molecule has 11 N–H and O–H groups in total. The molecule has 34 heavy (non-hydrogen) atoms. The SMILES string of the molecule is O=CC(O)C(O)C(O[C@H]1O[C@H](CO)C(O[C@H]2O[C@H](CO)[C@@H](O)[C@H](O)[C@@H]2O)[C@H](O)[C@@H]1O)C(O)CO. The lowest BCUT2D eigenvalue weighted by Crippen LogP contribution is -2.65. The third-order valence-corrected chi connectivity index (χ3v) is 5.64. The molecule has 200 valence electrons. The van der Waals surface area contributed by atoms with Crippen LogP contribution in [0.15, 0.2) is 0 Å². The highest BCUT2D eigenvalue weighted by Gasteiger charge is 2.51. The van der Waals surface area contributed by atoms with Gasteiger partial charge in [-0.2, -0.15) is 0 Å². The summed E-state index contributed by atoms with van der Waals surface area (Å²) >= 11 is 0. The van der Waals surface area contributed by atoms with Gasteiger partial charge in [0.15, 0.2) is 18.9 Å². The van der Waals surface area contributed by atoms with E-state index in [1.165, 1.54) is 0 Å². The van der Waals surface area contributed by atoms with Crippen molar-refractivity contribution in [3.8, 4) is 0 Å². The van der Waals surface area contributed by atoms with Crippen LogP contribution in [0.3, 0.4) is 0 Å². The van der Waals surface area contributed by atoms with Gasteiger partial charge in [0, 0.05) is 0 Å². The minimum atomic E-state index is -2.08. The standard InChI is InChI=1S/C18H32O16/c19-1-5(23)9(25)15(6(24)2-20)33-18-14(30)12(28)16(8(4-22)32-18)34-17-13(29)11(27)10(26)7(3-21)31-17/h1,5-18,20-30H,2-4H2/t5?,6?,7-,8-,9?,10-,11+,12-,13+,14+,15?,16?,17-,18-/m1/s1. The van der Waals surface area contributed by atoms with Crippen molar-refractivity contribution >= 4 is 6.29 Å². The molecule has 0 aromatic carbocycles. The molecule has 2 saturated heterocycles. The van der Waals surface area contributed by atoms with Crippen LogP contribution in [-0.4, -0.2) is 168 Å². The number of carbonyl (C=O) groups excluding carboxylic acids is 1. The predicted molar refractivity (Wildman–Crippen MR) is 102 cm³/mol. The fraction of sp³-hybridized carbons (Fsp3) is 0.944. The van der Waals surface area contributed by atoms with E-state index in [0.29, 0.717) is 0 Å². The van der Waals surface area contributed by atoms with E-state index >= 15 is 0 Å². The zero-order valence-corrected chi connectivity index (χ0v) is 17.7. The average Bonchev–Trinajstić information content (AvgIpc) is 2.84. The molecule has 2 fully saturated rings. The molecule has 2 aliphatic heterocycles. The van der Waals surface area contributed by atoms with Gasteiger partial charge in [-0.1, -0.05) is 0 Å². The van der Waals surface area contributed by atoms with Crippen LogP contribution in [0.5, 0.6) is 0 Å². The summed E-state index contributed by atoms with van der Waals surface area (Å²) in [5, 5.41) is 108. The van der Waals surface area contributed by atoms with E-state index in [-0.39, 0.29) is 6.29 Å². The fourth-order valence-corrected chi connectivity index (χ4v) is 3.60. The van der Waals surface area contributed by atoms with Crippen molar-refractivity contribution in [1.29, 1.82) is 0 Å². The highest BCUT2D eigenvalue weighted by Crippen LogP contribution is 2.30. The molecule has 0 aliphatic carbocycles. The van der Waals surface area contributed by atoms with E-state index < -0.39 is 106 Å². The molecule has 5 unspecified atom stereocenters. The van der Waals surface area contributed by atoms with Gasteiger partial charge in [0.25, 0.3) is 0 Å². The summed E-state index contributed by atoms with van der Waals surface area (Å²) in [5.74, 6) is 0. The van der Waals surface area contributed by atoms with Gasteiger partial charge in [-0.25, -0.2) is 0 Å². The Morgan fingerprint density at radius 3 is 1.85 bits per heavy atom. The molecule has 0 radical (unpaired) electrons. The van der Waals surface area contributed by atoms with Crippen molar-refractivity contribution < 1.29 is 79.9 Å². The number of aliphatic hydroxyl groups excluding tert-OH is 11. The van der Waals surface area contributed by atoms with Crippen LogP contribution in [0.2, 0.25) is 0 Å². The summed E-state index contributed by atoms with van der Waals surface area (Å²) < 4.78 is 21.1. The van der Waals surface area contributed by atoms with Crippen molar-refractivity contribution in [2.24, 2.45) is 0 Å². The Labute approximate surface area is 192 Å². The number of rotatable bonds is 11. The molecular formula is C18H32O16. The molecular weight excluding hydrogens is 472 g/mol. The van der Waals surface area contributed by atoms with Crippen molar-refractivity contribution in [2.45, 2.75) is 85.8 Å². The Bertz CT molecular complexity index is 621. The highest BCUT2D eigenvalue weighted by molar-refractivity contribution is 5.56. The first-order valence-corrected chi connectivity index (χ1v) is 10.4. The lowest BCUT2D eigenvalue weighted by Gasteiger charge is -2.46. The first kappa shape index (κ1) is 29.3. The normalized spacial score (nSPS) is 42.6. The Kier molecular flexibility index (Phi) is 11.1. The number of carbonyl (C=O) groups is 1. The maximum absolute atomic E-state index is 10.8. The predicted octanol–water partition coefficient (Wildman–Crippen LogP) is -7.73. The Hall–Kier alpha value is -0.930. The van der Waals surface area contributed by atoms with Gasteiger partial charge in [0.2, 0.25) is 0 Å². The number of hydrogen-bond acceptors (Lipinski definition) is 16. The Morgan fingerprint density at radius 2 is 1.32 bits per heavy atom. The van der Waals surface area contributed by atoms with Gasteiger partial charge in [0.05, 0.1) is 19.8 Å². The first-order valence-electron chi connectivity index (χ1n) is 10.4. The molecule has 0 bridgehead atoms. The molecule has 0 saturated carbocycles. The molecule has 0 aromatic rings. The van der Waals surface area contributed by atoms with Crippen LogP contribution in [-0.2, 0) is 23.7 Å². The van der Waals surface area contributed by atoms with E-state index in [0.717, 1.165) is 0 Å². The van der Waals surface area contributed by atoms with Gasteiger partial charge in [-0.05, 0) is 0 Å². The second kappa shape index (κ2) is 12.9. The average molecular weight is 504 g/mol. The van der Waals surface area contributed by atoms with E-state index in [1.54, 1.807) is 0 Å². The second-order valence-electron chi connectivity index (χ2n) is 7.97. The molecule has 0 amide bonds. The molecule has 2 heterocycles. The number of hydrogen-bond donors (Lipinski definition) is 11. The largest absolute Gasteiger partial charge is 0.394 e. The zero-order valence-electron chi connectivity index (χ0n) is 17.7. The second-order valence-corrected chi connectivity index (χ2v) is 7.97. The van der Waals surface area contributed by atoms with Crippen LogP contribution < -0.4 is 0 Å². The third kappa shape index (κ3) is 6.25. The molecule has 2 rings (SSSR count). The van der Waals surface area contributed by atoms with Crippen LogP contribution in [0, 0.1) is 0 Å². The van der Waals surface area contributed by atoms with Crippen molar-refractivity contribution in [3.63, 3.8) is 0 Å². The maximum atomic E-state index is 10.8. The van der Waals surface area contributed by atoms with Gasteiger partial charge < -0.3 is 79.9 Å². The van der Waals surface area contributed by atoms with Crippen molar-refractivity contribution in [3.05, 3.63) is 0 Å². The molecule has 2 aliphatic rings. The molecule has 16 nitrogen and oxygen atoms in total. The third-order valence-electron chi connectivity index (χ3n) is 5.64. The summed E-state index contributed by atoms with van der Waals surface area (Å²) in [5.41, 5.74) is 0. The summed E-state index contributed by atoms with van der Waals surface area (Å²) in [6.07, 6.45) is -25.4. The van der Waals surface area contributed by atoms with Gasteiger partial charge in [0.1, 0.15) is 73.2 Å². The highest BCUT2D eigenvalue weighted by atomic mass is 16.7. The molecule has 0 aromatic heterocycles. The summed E-state index contributed by atoms with van der Waals surface area (Å²) in [6.45, 7) is -2.64. The van der Waals surface area contributed by atoms with E-state index in [9.17, 15) is 55.9 Å². The minimum Gasteiger partial charge on any atom is -0.394 e. The van der Waals surface area contributed by atoms with Gasteiger partial charge in [-0.3, -0.25) is 0 Å². The topological polar surface area (TPSA) is 277 Å². The van der Waals surface area contributed by atoms with Gasteiger partial charge in [-0.15, -0.1) is 0 Å². The lowest BCUT2D eigenvalue weighted by molar-refractivity contribution is -0.367. The van der Waals surface area contributed by atoms with Crippen LogP contribution in [0.4, 0.5) is 0 Å². The minimum absolute atomic E-state index is 0.0704. The summed E-state index contributed by atoms with van der Waals surface area (Å²) in [6, 6.07) is 0. The molecule has 14 atom stereocenters. The van der Waals surface area contributed by atoms with Crippen LogP contribution in [0.25, 0.3) is 0 Å². The summed E-state index contributed by atoms with van der Waals surface area (Å²) in [4.78, 5) is 10.8. The van der Waals surface area contributed by atoms with E-state index in [4.69, 9.17) is 24.1 Å². The smallest absolute Gasteiger partial charge is 0.187 e. The number of ether oxygens (including phenoxy) is 4. The fourth-order valence-electron chi connectivity index (χ4n) is 3.60. The maximum Gasteiger partial charge on any atom is 0.187 e. The number of aldehydes is 1. The first-order chi connectivity index (χ1) is 16.0. The monoisotopic (exact) mass is 504 g/mol. The van der Waals surface area contributed by atoms with E-state index in [1.807, 2.05) is 0 Å². The molecule has 0 spiro atoms. The van der Waals surface area contributed by atoms with E-state index in [2.05, 4.69) is 0 Å². The molecule has 16 heteroatoms. The van der Waals surface area contributed by atoms with Crippen LogP contribution in [0.1, 0.15) is 0 Å².